The van der Waals surface area contributed by atoms with Crippen LogP contribution in [-0.2, 0) is 32.7 Å². The van der Waals surface area contributed by atoms with Gasteiger partial charge in [-0.1, -0.05) is 320 Å². The number of nitrogens with zero attached hydrogens (tertiary/aromatic N) is 1. The molecule has 9 nitrogen and oxygen atoms in total. The monoisotopic (exact) mass is 1300 g/mol. The molecule has 524 valence electrons. The van der Waals surface area contributed by atoms with Crippen molar-refractivity contribution in [1.29, 1.82) is 0 Å². The van der Waals surface area contributed by atoms with Crippen molar-refractivity contribution in [2.24, 2.45) is 0 Å². The standard InChI is InChI=1S/C82H138NO8P/c1-6-8-10-12-14-16-18-20-22-24-26-28-30-32-34-36-38-39-40-41-42-43-45-46-48-50-52-54-56-58-60-62-64-66-68-70-72-74-81(84)88-78-80(79-90-92(86,87)89-77-76-83(3,4)5)91-82(85)75-73-71-69-67-65-63-61-59-57-55-53-51-49-47-44-37-35-33-31-29-27-25-23-21-19-17-15-13-11-9-7-2/h8-11,14-17,20-23,26-29,32-35,44,47,51,53,57,59,80H,6-7,12-13,18-19,24-25,30-31,36-43,45-46,48-50,52,54-56,58,60-79H2,1-5H3/p+1/b10-8-,11-9-,16-14-,17-15-,22-20-,23-21-,28-26-,29-27-,34-32-,35-33-,47-44-,53-51-,59-57-. The summed E-state index contributed by atoms with van der Waals surface area (Å²) in [7, 11) is 1.46. The SMILES string of the molecule is CC/C=C\C/C=C\C/C=C\C/C=C\C/C=C\C/C=C\C/C=C\C/C=C\CCCCCCCCC(=O)OC(COC(=O)CCCCCCCCCCCCCCCCCCCCCCC/C=C\C/C=C\C/C=C\C/C=C\C/C=C\CC)COP(=O)(O)OCC[N+](C)(C)C. The van der Waals surface area contributed by atoms with Gasteiger partial charge >= 0.3 is 19.8 Å². The molecule has 0 aliphatic heterocycles. The van der Waals surface area contributed by atoms with Gasteiger partial charge in [0, 0.05) is 12.8 Å². The molecule has 92 heavy (non-hydrogen) atoms. The number of carbonyl (C=O) groups is 2. The molecule has 0 amide bonds. The predicted molar refractivity (Wildman–Crippen MR) is 399 cm³/mol. The van der Waals surface area contributed by atoms with E-state index in [-0.39, 0.29) is 32.0 Å². The zero-order chi connectivity index (χ0) is 66.9. The topological polar surface area (TPSA) is 108 Å². The van der Waals surface area contributed by atoms with Gasteiger partial charge in [0.15, 0.2) is 6.10 Å². The first-order valence-corrected chi connectivity index (χ1v) is 38.7. The van der Waals surface area contributed by atoms with E-state index in [4.69, 9.17) is 18.5 Å². The Hall–Kier alpha value is -4.37. The van der Waals surface area contributed by atoms with Crippen molar-refractivity contribution < 1.29 is 42.1 Å². The van der Waals surface area contributed by atoms with E-state index in [1.54, 1.807) is 0 Å². The highest BCUT2D eigenvalue weighted by Crippen LogP contribution is 2.43. The Labute approximate surface area is 566 Å². The quantitative estimate of drug-likeness (QED) is 0.0211. The third-order valence-corrected chi connectivity index (χ3v) is 16.5. The zero-order valence-electron chi connectivity index (χ0n) is 59.7. The Morgan fingerprint density at radius 2 is 0.587 bits per heavy atom. The van der Waals surface area contributed by atoms with Crippen LogP contribution in [0.5, 0.6) is 0 Å². The molecule has 0 heterocycles. The Morgan fingerprint density at radius 3 is 0.870 bits per heavy atom. The molecule has 0 aromatic rings. The lowest BCUT2D eigenvalue weighted by Crippen LogP contribution is -2.37. The molecular formula is C82H139NO8P+. The minimum atomic E-state index is -4.41. The van der Waals surface area contributed by atoms with Gasteiger partial charge in [0.1, 0.15) is 19.8 Å². The summed E-state index contributed by atoms with van der Waals surface area (Å²) in [6.07, 6.45) is 106. The number of quaternary nitrogens is 1. The second kappa shape index (κ2) is 70.9. The van der Waals surface area contributed by atoms with Gasteiger partial charge in [0.25, 0.3) is 0 Å². The highest BCUT2D eigenvalue weighted by Gasteiger charge is 2.27. The fourth-order valence-electron chi connectivity index (χ4n) is 9.94. The first-order chi connectivity index (χ1) is 45.0. The summed E-state index contributed by atoms with van der Waals surface area (Å²) in [6, 6.07) is 0. The molecule has 0 radical (unpaired) electrons. The predicted octanol–water partition coefficient (Wildman–Crippen LogP) is 24.7. The van der Waals surface area contributed by atoms with E-state index in [1.165, 1.54) is 122 Å². The van der Waals surface area contributed by atoms with E-state index >= 15 is 0 Å². The highest BCUT2D eigenvalue weighted by atomic mass is 31.2. The molecule has 2 atom stereocenters. The number of carbonyl (C=O) groups excluding carboxylic acids is 2. The number of hydrogen-bond acceptors (Lipinski definition) is 7. The van der Waals surface area contributed by atoms with Crippen LogP contribution < -0.4 is 0 Å². The summed E-state index contributed by atoms with van der Waals surface area (Å²) in [5.41, 5.74) is 0. The summed E-state index contributed by atoms with van der Waals surface area (Å²) in [6.45, 7) is 4.20. The van der Waals surface area contributed by atoms with Crippen molar-refractivity contribution in [3.8, 4) is 0 Å². The van der Waals surface area contributed by atoms with Crippen molar-refractivity contribution in [3.05, 3.63) is 158 Å². The summed E-state index contributed by atoms with van der Waals surface area (Å²) in [5.74, 6) is -0.814. The average Bonchev–Trinajstić information content (AvgIpc) is 2.14. The number of rotatable bonds is 67. The number of unbranched alkanes of at least 4 members (excludes halogenated alkanes) is 27. The lowest BCUT2D eigenvalue weighted by molar-refractivity contribution is -0.870. The zero-order valence-corrected chi connectivity index (χ0v) is 60.6. The molecule has 0 aromatic heterocycles. The molecule has 0 fully saturated rings. The number of phosphoric acid groups is 1. The van der Waals surface area contributed by atoms with Crippen LogP contribution in [0.15, 0.2) is 158 Å². The van der Waals surface area contributed by atoms with Gasteiger partial charge in [-0.2, -0.15) is 0 Å². The minimum absolute atomic E-state index is 0.0221. The number of hydrogen-bond donors (Lipinski definition) is 1. The van der Waals surface area contributed by atoms with Gasteiger partial charge in [-0.05, 0) is 122 Å². The summed E-state index contributed by atoms with van der Waals surface area (Å²) < 4.78 is 34.7. The molecule has 0 spiro atoms. The minimum Gasteiger partial charge on any atom is -0.462 e. The van der Waals surface area contributed by atoms with E-state index in [0.29, 0.717) is 17.4 Å². The molecular weight excluding hydrogens is 1160 g/mol. The van der Waals surface area contributed by atoms with E-state index in [1.807, 2.05) is 21.1 Å². The number of ether oxygens (including phenoxy) is 2. The van der Waals surface area contributed by atoms with Crippen LogP contribution in [0, 0.1) is 0 Å². The second-order valence-corrected chi connectivity index (χ2v) is 27.0. The van der Waals surface area contributed by atoms with Crippen molar-refractivity contribution in [3.63, 3.8) is 0 Å². The second-order valence-electron chi connectivity index (χ2n) is 25.6. The first kappa shape index (κ1) is 87.6. The maximum atomic E-state index is 12.9. The number of phosphoric ester groups is 1. The fraction of sp³-hybridized carbons (Fsp3) is 0.659. The van der Waals surface area contributed by atoms with Gasteiger partial charge in [-0.25, -0.2) is 4.57 Å². The maximum absolute atomic E-state index is 12.9. The van der Waals surface area contributed by atoms with Crippen molar-refractivity contribution in [2.45, 2.75) is 302 Å². The lowest BCUT2D eigenvalue weighted by Gasteiger charge is -2.24. The fourth-order valence-corrected chi connectivity index (χ4v) is 10.7. The smallest absolute Gasteiger partial charge is 0.462 e. The Balaban J connectivity index is 4.06. The lowest BCUT2D eigenvalue weighted by atomic mass is 10.0. The number of likely N-dealkylation sites (N-methyl/N-ethyl adjacent to an activating group) is 1. The summed E-state index contributed by atoms with van der Waals surface area (Å²) >= 11 is 0. The van der Waals surface area contributed by atoms with E-state index in [9.17, 15) is 19.0 Å². The van der Waals surface area contributed by atoms with Gasteiger partial charge in [-0.15, -0.1) is 0 Å². The number of esters is 2. The molecule has 0 saturated heterocycles. The first-order valence-electron chi connectivity index (χ1n) is 37.2. The molecule has 2 unspecified atom stereocenters. The van der Waals surface area contributed by atoms with Crippen LogP contribution in [0.1, 0.15) is 296 Å². The summed E-state index contributed by atoms with van der Waals surface area (Å²) in [5, 5.41) is 0. The Bertz CT molecular complexity index is 2110. The van der Waals surface area contributed by atoms with Crippen molar-refractivity contribution in [2.75, 3.05) is 47.5 Å². The van der Waals surface area contributed by atoms with Crippen LogP contribution in [0.3, 0.4) is 0 Å². The molecule has 0 aromatic carbocycles. The molecule has 0 rings (SSSR count). The molecule has 0 saturated carbocycles. The molecule has 0 aliphatic carbocycles. The van der Waals surface area contributed by atoms with E-state index < -0.39 is 26.5 Å². The molecule has 0 aliphatic rings. The van der Waals surface area contributed by atoms with Gasteiger partial charge in [0.2, 0.25) is 0 Å². The Morgan fingerprint density at radius 1 is 0.337 bits per heavy atom. The Kier molecular flexibility index (Phi) is 67.6. The van der Waals surface area contributed by atoms with Crippen molar-refractivity contribution >= 4 is 19.8 Å². The third kappa shape index (κ3) is 74.7. The summed E-state index contributed by atoms with van der Waals surface area (Å²) in [4.78, 5) is 35.9. The normalized spacial score (nSPS) is 14.0. The van der Waals surface area contributed by atoms with Crippen LogP contribution in [0.2, 0.25) is 0 Å². The van der Waals surface area contributed by atoms with Crippen LogP contribution in [-0.4, -0.2) is 74.9 Å². The third-order valence-electron chi connectivity index (χ3n) is 15.6. The van der Waals surface area contributed by atoms with E-state index in [0.717, 1.165) is 141 Å². The van der Waals surface area contributed by atoms with Gasteiger partial charge < -0.3 is 18.9 Å². The molecule has 1 N–H and O–H groups in total. The van der Waals surface area contributed by atoms with Crippen LogP contribution in [0.25, 0.3) is 0 Å². The maximum Gasteiger partial charge on any atom is 0.472 e. The average molecular weight is 1300 g/mol. The van der Waals surface area contributed by atoms with Crippen LogP contribution in [0.4, 0.5) is 0 Å². The van der Waals surface area contributed by atoms with Gasteiger partial charge in [0.05, 0.1) is 27.7 Å². The van der Waals surface area contributed by atoms with E-state index in [2.05, 4.69) is 172 Å². The van der Waals surface area contributed by atoms with Crippen molar-refractivity contribution in [1.82, 2.24) is 0 Å². The molecule has 0 bridgehead atoms. The van der Waals surface area contributed by atoms with Crippen LogP contribution >= 0.6 is 7.82 Å². The van der Waals surface area contributed by atoms with Gasteiger partial charge in [-0.3, -0.25) is 18.6 Å². The molecule has 10 heteroatoms. The number of allylic oxidation sites excluding steroid dienone is 26. The largest absolute Gasteiger partial charge is 0.472 e. The highest BCUT2D eigenvalue weighted by molar-refractivity contribution is 7.47.